The Labute approximate surface area is 174 Å². The minimum atomic E-state index is 0.608. The van der Waals surface area contributed by atoms with E-state index in [2.05, 4.69) is 12.1 Å². The lowest BCUT2D eigenvalue weighted by Gasteiger charge is -2.12. The van der Waals surface area contributed by atoms with E-state index >= 15 is 0 Å². The summed E-state index contributed by atoms with van der Waals surface area (Å²) >= 11 is 0. The Balaban J connectivity index is 1.84. The van der Waals surface area contributed by atoms with E-state index in [4.69, 9.17) is 0 Å². The normalized spacial score (nSPS) is 10.6. The summed E-state index contributed by atoms with van der Waals surface area (Å²) in [5.74, 6) is 0. The van der Waals surface area contributed by atoms with Gasteiger partial charge in [-0.2, -0.15) is 10.5 Å². The van der Waals surface area contributed by atoms with Crippen molar-refractivity contribution < 1.29 is 0 Å². The molecule has 0 N–H and O–H groups in total. The predicted octanol–water partition coefficient (Wildman–Crippen LogP) is 7.07. The zero-order valence-electron chi connectivity index (χ0n) is 16.1. The van der Waals surface area contributed by atoms with Gasteiger partial charge in [0.05, 0.1) is 11.1 Å². The fourth-order valence-electron chi connectivity index (χ4n) is 4.09. The molecule has 2 heteroatoms. The molecule has 0 saturated heterocycles. The lowest BCUT2D eigenvalue weighted by molar-refractivity contribution is 1.50. The molecule has 0 saturated carbocycles. The van der Waals surface area contributed by atoms with E-state index in [1.165, 1.54) is 0 Å². The molecule has 0 aliphatic heterocycles. The van der Waals surface area contributed by atoms with Crippen LogP contribution in [0, 0.1) is 22.7 Å². The molecule has 138 valence electrons. The van der Waals surface area contributed by atoms with Crippen LogP contribution in [0.15, 0.2) is 97.1 Å². The van der Waals surface area contributed by atoms with E-state index in [9.17, 15) is 10.5 Å². The quantitative estimate of drug-likeness (QED) is 0.307. The van der Waals surface area contributed by atoms with Gasteiger partial charge in [-0.25, -0.2) is 0 Å². The van der Waals surface area contributed by atoms with Crippen molar-refractivity contribution in [2.45, 2.75) is 0 Å². The van der Waals surface area contributed by atoms with Gasteiger partial charge in [0.1, 0.15) is 12.1 Å². The lowest BCUT2D eigenvalue weighted by atomic mass is 9.89. The molecule has 0 aromatic heterocycles. The first-order chi connectivity index (χ1) is 14.8. The van der Waals surface area contributed by atoms with E-state index in [-0.39, 0.29) is 0 Å². The topological polar surface area (TPSA) is 47.6 Å². The van der Waals surface area contributed by atoms with Gasteiger partial charge < -0.3 is 0 Å². The molecule has 30 heavy (non-hydrogen) atoms. The van der Waals surface area contributed by atoms with E-state index in [0.717, 1.165) is 43.8 Å². The van der Waals surface area contributed by atoms with Crippen LogP contribution in [-0.4, -0.2) is 0 Å². The molecule has 0 atom stereocenters. The largest absolute Gasteiger partial charge is 0.192 e. The zero-order chi connectivity index (χ0) is 20.5. The van der Waals surface area contributed by atoms with Crippen molar-refractivity contribution in [2.75, 3.05) is 0 Å². The molecule has 2 nitrogen and oxygen atoms in total. The second kappa shape index (κ2) is 7.21. The van der Waals surface area contributed by atoms with Crippen LogP contribution in [-0.2, 0) is 0 Å². The first-order valence-electron chi connectivity index (χ1n) is 9.74. The van der Waals surface area contributed by atoms with Crippen molar-refractivity contribution in [3.63, 3.8) is 0 Å². The lowest BCUT2D eigenvalue weighted by Crippen LogP contribution is -1.92. The van der Waals surface area contributed by atoms with Gasteiger partial charge in [-0.3, -0.25) is 0 Å². The molecule has 0 fully saturated rings. The van der Waals surface area contributed by atoms with Gasteiger partial charge in [-0.05, 0) is 34.4 Å². The van der Waals surface area contributed by atoms with Crippen molar-refractivity contribution in [3.05, 3.63) is 108 Å². The van der Waals surface area contributed by atoms with Gasteiger partial charge in [0, 0.05) is 21.5 Å². The summed E-state index contributed by atoms with van der Waals surface area (Å²) in [5.41, 5.74) is 5.45. The highest BCUT2D eigenvalue weighted by Gasteiger charge is 2.15. The minimum absolute atomic E-state index is 0.608. The highest BCUT2D eigenvalue weighted by Crippen LogP contribution is 2.36. The second-order valence-corrected chi connectivity index (χ2v) is 7.23. The standard InChI is InChI=1S/C28H16N2/c29-17-27-24-14-12-22(20-9-5-2-6-10-20)16-26(24)28(18-30)23-13-11-21(15-25(23)27)19-7-3-1-4-8-19/h1-16H. The molecule has 5 rings (SSSR count). The average Bonchev–Trinajstić information content (AvgIpc) is 2.83. The summed E-state index contributed by atoms with van der Waals surface area (Å²) in [6.45, 7) is 0. The van der Waals surface area contributed by atoms with Crippen molar-refractivity contribution in [1.29, 1.82) is 10.5 Å². The monoisotopic (exact) mass is 380 g/mol. The van der Waals surface area contributed by atoms with Crippen LogP contribution in [0.4, 0.5) is 0 Å². The molecule has 0 amide bonds. The molecule has 5 aromatic rings. The summed E-state index contributed by atoms with van der Waals surface area (Å²) in [5, 5.41) is 23.3. The minimum Gasteiger partial charge on any atom is -0.192 e. The summed E-state index contributed by atoms with van der Waals surface area (Å²) in [7, 11) is 0. The van der Waals surface area contributed by atoms with Gasteiger partial charge in [0.2, 0.25) is 0 Å². The molecule has 0 bridgehead atoms. The molecule has 0 heterocycles. The molecule has 0 unspecified atom stereocenters. The van der Waals surface area contributed by atoms with Gasteiger partial charge in [-0.15, -0.1) is 0 Å². The van der Waals surface area contributed by atoms with Crippen LogP contribution < -0.4 is 0 Å². The number of hydrogen-bond donors (Lipinski definition) is 0. The number of benzene rings is 5. The predicted molar refractivity (Wildman–Crippen MR) is 122 cm³/mol. The van der Waals surface area contributed by atoms with Crippen molar-refractivity contribution >= 4 is 21.5 Å². The Morgan fingerprint density at radius 3 is 1.17 bits per heavy atom. The molecular formula is C28H16N2. The first kappa shape index (κ1) is 17.7. The maximum atomic E-state index is 10.0. The molecule has 5 aromatic carbocycles. The molecule has 0 aliphatic rings. The van der Waals surface area contributed by atoms with Crippen molar-refractivity contribution in [1.82, 2.24) is 0 Å². The third-order valence-electron chi connectivity index (χ3n) is 5.55. The highest BCUT2D eigenvalue weighted by molar-refractivity contribution is 6.11. The van der Waals surface area contributed by atoms with Crippen LogP contribution in [0.3, 0.4) is 0 Å². The van der Waals surface area contributed by atoms with Gasteiger partial charge >= 0.3 is 0 Å². The van der Waals surface area contributed by atoms with Crippen LogP contribution in [0.25, 0.3) is 43.8 Å². The number of rotatable bonds is 2. The van der Waals surface area contributed by atoms with Crippen LogP contribution in [0.5, 0.6) is 0 Å². The Bertz CT molecular complexity index is 1370. The van der Waals surface area contributed by atoms with E-state index < -0.39 is 0 Å². The highest BCUT2D eigenvalue weighted by atomic mass is 14.3. The SMILES string of the molecule is N#Cc1c2ccc(-c3ccccc3)cc2c(C#N)c2ccc(-c3ccccc3)cc12. The Morgan fingerprint density at radius 2 is 0.800 bits per heavy atom. The van der Waals surface area contributed by atoms with Gasteiger partial charge in [0.25, 0.3) is 0 Å². The van der Waals surface area contributed by atoms with Crippen LogP contribution in [0.1, 0.15) is 11.1 Å². The third-order valence-corrected chi connectivity index (χ3v) is 5.55. The first-order valence-corrected chi connectivity index (χ1v) is 9.74. The number of nitriles is 2. The second-order valence-electron chi connectivity index (χ2n) is 7.23. The number of fused-ring (bicyclic) bond motifs is 2. The van der Waals surface area contributed by atoms with Crippen LogP contribution in [0.2, 0.25) is 0 Å². The number of hydrogen-bond acceptors (Lipinski definition) is 2. The van der Waals surface area contributed by atoms with Crippen molar-refractivity contribution in [3.8, 4) is 34.4 Å². The fourth-order valence-corrected chi connectivity index (χ4v) is 4.09. The summed E-state index contributed by atoms with van der Waals surface area (Å²) in [4.78, 5) is 0. The summed E-state index contributed by atoms with van der Waals surface area (Å²) in [6, 6.07) is 36.9. The van der Waals surface area contributed by atoms with Gasteiger partial charge in [0.15, 0.2) is 0 Å². The molecular weight excluding hydrogens is 364 g/mol. The van der Waals surface area contributed by atoms with E-state index in [0.29, 0.717) is 11.1 Å². The molecule has 0 radical (unpaired) electrons. The van der Waals surface area contributed by atoms with E-state index in [1.807, 2.05) is 97.1 Å². The van der Waals surface area contributed by atoms with Crippen LogP contribution >= 0.6 is 0 Å². The molecule has 0 spiro atoms. The number of nitrogens with zero attached hydrogens (tertiary/aromatic N) is 2. The Hall–Kier alpha value is -4.40. The fraction of sp³-hybridized carbons (Fsp3) is 0. The maximum Gasteiger partial charge on any atom is 0.100 e. The van der Waals surface area contributed by atoms with Gasteiger partial charge in [-0.1, -0.05) is 84.9 Å². The van der Waals surface area contributed by atoms with E-state index in [1.54, 1.807) is 0 Å². The summed E-state index contributed by atoms with van der Waals surface area (Å²) in [6.07, 6.45) is 0. The average molecular weight is 380 g/mol. The molecule has 0 aliphatic carbocycles. The third kappa shape index (κ3) is 2.80. The Morgan fingerprint density at radius 1 is 0.400 bits per heavy atom. The summed E-state index contributed by atoms with van der Waals surface area (Å²) < 4.78 is 0. The maximum absolute atomic E-state index is 10.0. The Kier molecular flexibility index (Phi) is 4.25. The van der Waals surface area contributed by atoms with Crippen molar-refractivity contribution in [2.24, 2.45) is 0 Å². The zero-order valence-corrected chi connectivity index (χ0v) is 16.1. The smallest absolute Gasteiger partial charge is 0.100 e.